The summed E-state index contributed by atoms with van der Waals surface area (Å²) in [4.78, 5) is 11.5. The molecule has 1 amide bonds. The summed E-state index contributed by atoms with van der Waals surface area (Å²) in [5.74, 6) is 0.00988. The number of hydrogen-bond donors (Lipinski definition) is 3. The van der Waals surface area contributed by atoms with Crippen LogP contribution in [0.15, 0.2) is 36.5 Å². The predicted octanol–water partition coefficient (Wildman–Crippen LogP) is 1.80. The van der Waals surface area contributed by atoms with Crippen molar-refractivity contribution in [3.63, 3.8) is 0 Å². The molecule has 0 saturated heterocycles. The Labute approximate surface area is 95.0 Å². The van der Waals surface area contributed by atoms with Crippen LogP contribution in [0.2, 0.25) is 0 Å². The van der Waals surface area contributed by atoms with Crippen molar-refractivity contribution in [2.24, 2.45) is 5.92 Å². The Kier molecular flexibility index (Phi) is 4.39. The molecule has 0 aliphatic rings. The number of phenols is 1. The van der Waals surface area contributed by atoms with Crippen molar-refractivity contribution in [1.29, 1.82) is 0 Å². The standard InChI is InChI=1S/C12H16N2O2/c1-9(2)7-8-13-14-12(16)10-5-3-4-6-11(10)15/h3-9,13,15H,1-2H3,(H,14,16)/b8-7-. The first-order valence-corrected chi connectivity index (χ1v) is 5.12. The molecule has 1 aromatic carbocycles. The van der Waals surface area contributed by atoms with Gasteiger partial charge in [-0.15, -0.1) is 0 Å². The van der Waals surface area contributed by atoms with Gasteiger partial charge in [-0.25, -0.2) is 0 Å². The molecule has 0 atom stereocenters. The Morgan fingerprint density at radius 1 is 1.38 bits per heavy atom. The highest BCUT2D eigenvalue weighted by Crippen LogP contribution is 2.14. The molecule has 4 heteroatoms. The number of hydrazine groups is 1. The summed E-state index contributed by atoms with van der Waals surface area (Å²) in [5, 5.41) is 9.42. The SMILES string of the molecule is CC(C)/C=C\NNC(=O)c1ccccc1O. The number of phenolic OH excluding ortho intramolecular Hbond substituents is 1. The molecule has 3 N–H and O–H groups in total. The molecular weight excluding hydrogens is 204 g/mol. The second-order valence-electron chi connectivity index (χ2n) is 3.72. The number of carbonyl (C=O) groups is 1. The first-order chi connectivity index (χ1) is 7.61. The lowest BCUT2D eigenvalue weighted by Gasteiger charge is -2.06. The molecule has 86 valence electrons. The number of rotatable bonds is 4. The van der Waals surface area contributed by atoms with Crippen molar-refractivity contribution >= 4 is 5.91 Å². The minimum absolute atomic E-state index is 0.0327. The van der Waals surface area contributed by atoms with Gasteiger partial charge in [0, 0.05) is 6.20 Å². The number of allylic oxidation sites excluding steroid dienone is 1. The highest BCUT2D eigenvalue weighted by Gasteiger charge is 2.08. The molecule has 0 aliphatic carbocycles. The van der Waals surface area contributed by atoms with Crippen LogP contribution in [-0.4, -0.2) is 11.0 Å². The minimum Gasteiger partial charge on any atom is -0.507 e. The van der Waals surface area contributed by atoms with Crippen molar-refractivity contribution < 1.29 is 9.90 Å². The molecule has 0 aliphatic heterocycles. The summed E-state index contributed by atoms with van der Waals surface area (Å²) in [6.45, 7) is 4.06. The average molecular weight is 220 g/mol. The number of aromatic hydroxyl groups is 1. The number of hydrogen-bond acceptors (Lipinski definition) is 3. The Morgan fingerprint density at radius 2 is 2.06 bits per heavy atom. The van der Waals surface area contributed by atoms with Gasteiger partial charge in [0.1, 0.15) is 5.75 Å². The summed E-state index contributed by atoms with van der Waals surface area (Å²) < 4.78 is 0. The smallest absolute Gasteiger partial charge is 0.273 e. The van der Waals surface area contributed by atoms with Gasteiger partial charge in [0.25, 0.3) is 5.91 Å². The van der Waals surface area contributed by atoms with Crippen LogP contribution in [0.3, 0.4) is 0 Å². The van der Waals surface area contributed by atoms with Crippen LogP contribution < -0.4 is 10.9 Å². The number of benzene rings is 1. The van der Waals surface area contributed by atoms with Gasteiger partial charge < -0.3 is 10.5 Å². The maximum Gasteiger partial charge on any atom is 0.273 e. The van der Waals surface area contributed by atoms with Crippen molar-refractivity contribution in [1.82, 2.24) is 10.9 Å². The van der Waals surface area contributed by atoms with E-state index in [2.05, 4.69) is 10.9 Å². The number of amides is 1. The van der Waals surface area contributed by atoms with E-state index in [1.54, 1.807) is 24.4 Å². The molecule has 1 aromatic rings. The predicted molar refractivity (Wildman–Crippen MR) is 62.7 cm³/mol. The molecule has 1 rings (SSSR count). The molecule has 0 bridgehead atoms. The van der Waals surface area contributed by atoms with Gasteiger partial charge in [-0.3, -0.25) is 10.2 Å². The molecule has 16 heavy (non-hydrogen) atoms. The normalized spacial score (nSPS) is 10.7. The van der Waals surface area contributed by atoms with Crippen molar-refractivity contribution in [3.05, 3.63) is 42.1 Å². The van der Waals surface area contributed by atoms with E-state index in [1.807, 2.05) is 19.9 Å². The number of carbonyl (C=O) groups excluding carboxylic acids is 1. The van der Waals surface area contributed by atoms with Crippen molar-refractivity contribution in [2.75, 3.05) is 0 Å². The fourth-order valence-corrected chi connectivity index (χ4v) is 1.08. The third kappa shape index (κ3) is 3.65. The molecule has 0 aromatic heterocycles. The first-order valence-electron chi connectivity index (χ1n) is 5.12. The van der Waals surface area contributed by atoms with Gasteiger partial charge in [-0.1, -0.05) is 32.1 Å². The van der Waals surface area contributed by atoms with E-state index in [4.69, 9.17) is 0 Å². The molecule has 0 unspecified atom stereocenters. The number of nitrogens with one attached hydrogen (secondary N) is 2. The van der Waals surface area contributed by atoms with Crippen LogP contribution in [-0.2, 0) is 0 Å². The molecule has 0 saturated carbocycles. The zero-order valence-electron chi connectivity index (χ0n) is 9.40. The molecule has 0 radical (unpaired) electrons. The van der Waals surface area contributed by atoms with Gasteiger partial charge in [0.2, 0.25) is 0 Å². The van der Waals surface area contributed by atoms with Crippen molar-refractivity contribution in [2.45, 2.75) is 13.8 Å². The maximum absolute atomic E-state index is 11.5. The van der Waals surface area contributed by atoms with E-state index in [0.29, 0.717) is 5.92 Å². The fourth-order valence-electron chi connectivity index (χ4n) is 1.08. The van der Waals surface area contributed by atoms with E-state index in [9.17, 15) is 9.90 Å². The van der Waals surface area contributed by atoms with E-state index in [0.717, 1.165) is 0 Å². The van der Waals surface area contributed by atoms with Crippen molar-refractivity contribution in [3.8, 4) is 5.75 Å². The molecular formula is C12H16N2O2. The Hall–Kier alpha value is -1.97. The molecule has 0 fully saturated rings. The van der Waals surface area contributed by atoms with E-state index in [-0.39, 0.29) is 17.2 Å². The summed E-state index contributed by atoms with van der Waals surface area (Å²) in [6, 6.07) is 6.38. The second-order valence-corrected chi connectivity index (χ2v) is 3.72. The fraction of sp³-hybridized carbons (Fsp3) is 0.250. The lowest BCUT2D eigenvalue weighted by atomic mass is 10.2. The zero-order valence-corrected chi connectivity index (χ0v) is 9.40. The largest absolute Gasteiger partial charge is 0.507 e. The van der Waals surface area contributed by atoms with Crippen LogP contribution in [0.4, 0.5) is 0 Å². The van der Waals surface area contributed by atoms with Gasteiger partial charge in [-0.05, 0) is 18.1 Å². The van der Waals surface area contributed by atoms with Gasteiger partial charge in [-0.2, -0.15) is 0 Å². The quantitative estimate of drug-likeness (QED) is 0.678. The highest BCUT2D eigenvalue weighted by atomic mass is 16.3. The van der Waals surface area contributed by atoms with E-state index in [1.165, 1.54) is 6.07 Å². The zero-order chi connectivity index (χ0) is 12.0. The first kappa shape index (κ1) is 12.1. The third-order valence-electron chi connectivity index (χ3n) is 1.90. The van der Waals surface area contributed by atoms with Gasteiger partial charge in [0.05, 0.1) is 5.56 Å². The molecule has 0 spiro atoms. The van der Waals surface area contributed by atoms with Gasteiger partial charge >= 0.3 is 0 Å². The summed E-state index contributed by atoms with van der Waals surface area (Å²) in [5.41, 5.74) is 5.35. The van der Waals surface area contributed by atoms with Crippen LogP contribution >= 0.6 is 0 Å². The third-order valence-corrected chi connectivity index (χ3v) is 1.90. The topological polar surface area (TPSA) is 61.4 Å². The Bertz CT molecular complexity index is 386. The Balaban J connectivity index is 2.51. The van der Waals surface area contributed by atoms with Crippen LogP contribution in [0.1, 0.15) is 24.2 Å². The maximum atomic E-state index is 11.5. The summed E-state index contributed by atoms with van der Waals surface area (Å²) in [6.07, 6.45) is 3.56. The van der Waals surface area contributed by atoms with Gasteiger partial charge in [0.15, 0.2) is 0 Å². The average Bonchev–Trinajstić information content (AvgIpc) is 2.24. The van der Waals surface area contributed by atoms with Crippen LogP contribution in [0.5, 0.6) is 5.75 Å². The van der Waals surface area contributed by atoms with Crippen LogP contribution in [0, 0.1) is 5.92 Å². The monoisotopic (exact) mass is 220 g/mol. The molecule has 0 heterocycles. The lowest BCUT2D eigenvalue weighted by Crippen LogP contribution is -2.33. The minimum atomic E-state index is -0.369. The second kappa shape index (κ2) is 5.80. The lowest BCUT2D eigenvalue weighted by molar-refractivity contribution is 0.0938. The Morgan fingerprint density at radius 3 is 2.69 bits per heavy atom. The van der Waals surface area contributed by atoms with E-state index >= 15 is 0 Å². The van der Waals surface area contributed by atoms with Crippen LogP contribution in [0.25, 0.3) is 0 Å². The molecule has 4 nitrogen and oxygen atoms in total. The number of para-hydroxylation sites is 1. The summed E-state index contributed by atoms with van der Waals surface area (Å²) in [7, 11) is 0. The summed E-state index contributed by atoms with van der Waals surface area (Å²) >= 11 is 0. The highest BCUT2D eigenvalue weighted by molar-refractivity contribution is 5.96. The van der Waals surface area contributed by atoms with E-state index < -0.39 is 0 Å².